The Morgan fingerprint density at radius 2 is 2.10 bits per heavy atom. The summed E-state index contributed by atoms with van der Waals surface area (Å²) in [6.07, 6.45) is 2.59. The molecule has 0 atom stereocenters. The minimum Gasteiger partial charge on any atom is -0.379 e. The molecule has 8 heteroatoms. The Balaban J connectivity index is 2.04. The van der Waals surface area contributed by atoms with Crippen molar-refractivity contribution in [3.63, 3.8) is 0 Å². The smallest absolute Gasteiger partial charge is 0.221 e. The predicted octanol–water partition coefficient (Wildman–Crippen LogP) is 2.12. The zero-order chi connectivity index (χ0) is 15.5. The number of aromatic nitrogens is 1. The van der Waals surface area contributed by atoms with Crippen molar-refractivity contribution in [3.8, 4) is 0 Å². The second-order valence-electron chi connectivity index (χ2n) is 4.45. The van der Waals surface area contributed by atoms with Gasteiger partial charge in [-0.25, -0.2) is 13.4 Å². The minimum atomic E-state index is -3.28. The third kappa shape index (κ3) is 4.27. The van der Waals surface area contributed by atoms with Crippen LogP contribution in [0.25, 0.3) is 0 Å². The highest BCUT2D eigenvalue weighted by Gasteiger charge is 2.09. The van der Waals surface area contributed by atoms with Crippen molar-refractivity contribution < 1.29 is 13.2 Å². The summed E-state index contributed by atoms with van der Waals surface area (Å²) in [5, 5.41) is 7.84. The first-order valence-corrected chi connectivity index (χ1v) is 8.87. The number of nitrogens with one attached hydrogen (secondary N) is 2. The summed E-state index contributed by atoms with van der Waals surface area (Å²) < 4.78 is 22.6. The van der Waals surface area contributed by atoms with Gasteiger partial charge in [-0.15, -0.1) is 11.3 Å². The van der Waals surface area contributed by atoms with Gasteiger partial charge in [0.05, 0.1) is 24.1 Å². The van der Waals surface area contributed by atoms with E-state index in [4.69, 9.17) is 0 Å². The number of hydrogen-bond acceptors (Lipinski definition) is 6. The lowest BCUT2D eigenvalue weighted by Crippen LogP contribution is -2.08. The molecule has 2 heterocycles. The Morgan fingerprint density at radius 3 is 2.67 bits per heavy atom. The lowest BCUT2D eigenvalue weighted by Gasteiger charge is -2.08. The standard InChI is InChI=1S/C13H15N3O3S2/c1-9(17)16-11-5-6-20-12(11)8-14-10-3-4-13(15-7-10)21(2,18)19/h3-7,14H,8H2,1-2H3,(H,16,17). The van der Waals surface area contributed by atoms with E-state index in [0.29, 0.717) is 12.2 Å². The second-order valence-corrected chi connectivity index (χ2v) is 7.41. The number of amides is 1. The number of thiophene rings is 1. The van der Waals surface area contributed by atoms with E-state index in [-0.39, 0.29) is 10.9 Å². The Morgan fingerprint density at radius 1 is 1.33 bits per heavy atom. The Kier molecular flexibility index (Phi) is 4.59. The summed E-state index contributed by atoms with van der Waals surface area (Å²) in [4.78, 5) is 16.0. The van der Waals surface area contributed by atoms with Gasteiger partial charge in [0, 0.05) is 18.1 Å². The first kappa shape index (κ1) is 15.5. The predicted molar refractivity (Wildman–Crippen MR) is 83.3 cm³/mol. The van der Waals surface area contributed by atoms with E-state index in [1.807, 2.05) is 11.4 Å². The van der Waals surface area contributed by atoms with Gasteiger partial charge in [-0.3, -0.25) is 4.79 Å². The van der Waals surface area contributed by atoms with Gasteiger partial charge < -0.3 is 10.6 Å². The van der Waals surface area contributed by atoms with Crippen LogP contribution in [0.1, 0.15) is 11.8 Å². The Bertz CT molecular complexity index is 736. The largest absolute Gasteiger partial charge is 0.379 e. The van der Waals surface area contributed by atoms with E-state index in [0.717, 1.165) is 16.8 Å². The lowest BCUT2D eigenvalue weighted by atomic mass is 10.3. The molecule has 2 N–H and O–H groups in total. The number of carbonyl (C=O) groups excluding carboxylic acids is 1. The summed E-state index contributed by atoms with van der Waals surface area (Å²) >= 11 is 1.52. The van der Waals surface area contributed by atoms with Crippen LogP contribution in [-0.2, 0) is 21.2 Å². The molecule has 0 aromatic carbocycles. The molecule has 0 aliphatic rings. The quantitative estimate of drug-likeness (QED) is 0.879. The highest BCUT2D eigenvalue weighted by Crippen LogP contribution is 2.23. The summed E-state index contributed by atoms with van der Waals surface area (Å²) in [5.41, 5.74) is 1.49. The van der Waals surface area contributed by atoms with Crippen LogP contribution in [0.2, 0.25) is 0 Å². The molecule has 112 valence electrons. The number of rotatable bonds is 5. The summed E-state index contributed by atoms with van der Waals surface area (Å²) in [7, 11) is -3.28. The Hall–Kier alpha value is -1.93. The molecule has 1 amide bonds. The topological polar surface area (TPSA) is 88.2 Å². The molecular formula is C13H15N3O3S2. The van der Waals surface area contributed by atoms with E-state index in [9.17, 15) is 13.2 Å². The molecule has 2 aromatic heterocycles. The SMILES string of the molecule is CC(=O)Nc1ccsc1CNc1ccc(S(C)(=O)=O)nc1. The average molecular weight is 325 g/mol. The van der Waals surface area contributed by atoms with Gasteiger partial charge in [0.15, 0.2) is 14.9 Å². The number of carbonyl (C=O) groups is 1. The molecule has 0 aliphatic carbocycles. The molecule has 0 aliphatic heterocycles. The summed E-state index contributed by atoms with van der Waals surface area (Å²) in [5.74, 6) is -0.117. The first-order chi connectivity index (χ1) is 9.86. The van der Waals surface area contributed by atoms with Crippen molar-refractivity contribution in [1.82, 2.24) is 4.98 Å². The normalized spacial score (nSPS) is 11.1. The van der Waals surface area contributed by atoms with Gasteiger partial charge in [-0.05, 0) is 23.6 Å². The zero-order valence-electron chi connectivity index (χ0n) is 11.6. The van der Waals surface area contributed by atoms with Crippen molar-refractivity contribution in [2.24, 2.45) is 0 Å². The maximum absolute atomic E-state index is 11.3. The van der Waals surface area contributed by atoms with Gasteiger partial charge in [-0.2, -0.15) is 0 Å². The summed E-state index contributed by atoms with van der Waals surface area (Å²) in [6.45, 7) is 1.98. The van der Waals surface area contributed by atoms with Crippen LogP contribution in [0.3, 0.4) is 0 Å². The fraction of sp³-hybridized carbons (Fsp3) is 0.231. The molecular weight excluding hydrogens is 310 g/mol. The maximum Gasteiger partial charge on any atom is 0.221 e. The lowest BCUT2D eigenvalue weighted by molar-refractivity contribution is -0.114. The highest BCUT2D eigenvalue weighted by molar-refractivity contribution is 7.90. The molecule has 0 saturated heterocycles. The second kappa shape index (κ2) is 6.23. The number of nitrogens with zero attached hydrogens (tertiary/aromatic N) is 1. The molecule has 21 heavy (non-hydrogen) atoms. The van der Waals surface area contributed by atoms with Crippen LogP contribution in [0.15, 0.2) is 34.8 Å². The monoisotopic (exact) mass is 325 g/mol. The molecule has 6 nitrogen and oxygen atoms in total. The van der Waals surface area contributed by atoms with E-state index >= 15 is 0 Å². The molecule has 0 unspecified atom stereocenters. The van der Waals surface area contributed by atoms with E-state index in [1.165, 1.54) is 30.5 Å². The van der Waals surface area contributed by atoms with Crippen LogP contribution in [0, 0.1) is 0 Å². The van der Waals surface area contributed by atoms with Crippen LogP contribution >= 0.6 is 11.3 Å². The van der Waals surface area contributed by atoms with Crippen molar-refractivity contribution >= 4 is 38.5 Å². The fourth-order valence-electron chi connectivity index (χ4n) is 1.67. The number of sulfone groups is 1. The molecule has 0 saturated carbocycles. The summed E-state index contributed by atoms with van der Waals surface area (Å²) in [6, 6.07) is 4.96. The maximum atomic E-state index is 11.3. The van der Waals surface area contributed by atoms with Crippen molar-refractivity contribution in [1.29, 1.82) is 0 Å². The Labute approximate surface area is 127 Å². The molecule has 0 bridgehead atoms. The number of anilines is 2. The number of hydrogen-bond donors (Lipinski definition) is 2. The van der Waals surface area contributed by atoms with Crippen molar-refractivity contribution in [2.45, 2.75) is 18.5 Å². The van der Waals surface area contributed by atoms with Gasteiger partial charge in [0.2, 0.25) is 5.91 Å². The first-order valence-electron chi connectivity index (χ1n) is 6.10. The molecule has 0 spiro atoms. The third-order valence-corrected chi connectivity index (χ3v) is 4.55. The molecule has 0 fully saturated rings. The van der Waals surface area contributed by atoms with Crippen LogP contribution in [0.4, 0.5) is 11.4 Å². The molecule has 2 rings (SSSR count). The van der Waals surface area contributed by atoms with Gasteiger partial charge in [-0.1, -0.05) is 0 Å². The zero-order valence-corrected chi connectivity index (χ0v) is 13.2. The number of pyridine rings is 1. The highest BCUT2D eigenvalue weighted by atomic mass is 32.2. The van der Waals surface area contributed by atoms with Crippen LogP contribution < -0.4 is 10.6 Å². The fourth-order valence-corrected chi connectivity index (χ4v) is 2.99. The molecule has 0 radical (unpaired) electrons. The average Bonchev–Trinajstić information content (AvgIpc) is 2.82. The van der Waals surface area contributed by atoms with Crippen molar-refractivity contribution in [2.75, 3.05) is 16.9 Å². The van der Waals surface area contributed by atoms with E-state index < -0.39 is 9.84 Å². The molecule has 2 aromatic rings. The van der Waals surface area contributed by atoms with E-state index in [1.54, 1.807) is 6.07 Å². The van der Waals surface area contributed by atoms with Gasteiger partial charge in [0.1, 0.15) is 0 Å². The van der Waals surface area contributed by atoms with E-state index in [2.05, 4.69) is 15.6 Å². The minimum absolute atomic E-state index is 0.0445. The van der Waals surface area contributed by atoms with Gasteiger partial charge in [0.25, 0.3) is 0 Å². The van der Waals surface area contributed by atoms with Crippen LogP contribution in [0.5, 0.6) is 0 Å². The van der Waals surface area contributed by atoms with Crippen molar-refractivity contribution in [3.05, 3.63) is 34.7 Å². The van der Waals surface area contributed by atoms with Gasteiger partial charge >= 0.3 is 0 Å². The van der Waals surface area contributed by atoms with Crippen LogP contribution in [-0.4, -0.2) is 25.6 Å². The third-order valence-electron chi connectivity index (χ3n) is 2.63.